The number of rotatable bonds is 6. The van der Waals surface area contributed by atoms with E-state index in [2.05, 4.69) is 21.2 Å². The fourth-order valence-corrected chi connectivity index (χ4v) is 4.99. The number of nitrogens with one attached hydrogen (secondary N) is 1. The lowest BCUT2D eigenvalue weighted by atomic mass is 9.67. The lowest BCUT2D eigenvalue weighted by Crippen LogP contribution is -2.47. The molecule has 3 atom stereocenters. The van der Waals surface area contributed by atoms with Crippen molar-refractivity contribution in [3.8, 4) is 0 Å². The van der Waals surface area contributed by atoms with E-state index in [1.807, 2.05) is 0 Å². The zero-order valence-corrected chi connectivity index (χ0v) is 21.7. The molecule has 0 unspecified atom stereocenters. The minimum absolute atomic E-state index is 0.165. The lowest BCUT2D eigenvalue weighted by Gasteiger charge is -2.40. The number of ether oxygens (including phenoxy) is 1. The maximum absolute atomic E-state index is 15.0. The van der Waals surface area contributed by atoms with Crippen molar-refractivity contribution in [2.24, 2.45) is 11.8 Å². The van der Waals surface area contributed by atoms with Gasteiger partial charge in [0.25, 0.3) is 0 Å². The van der Waals surface area contributed by atoms with E-state index in [-0.39, 0.29) is 12.7 Å². The van der Waals surface area contributed by atoms with Gasteiger partial charge in [-0.2, -0.15) is 13.2 Å². The van der Waals surface area contributed by atoms with E-state index in [4.69, 9.17) is 4.74 Å². The zero-order valence-electron chi connectivity index (χ0n) is 20.2. The summed E-state index contributed by atoms with van der Waals surface area (Å²) in [5.41, 5.74) is -0.892. The highest BCUT2D eigenvalue weighted by Gasteiger charge is 2.53. The summed E-state index contributed by atoms with van der Waals surface area (Å²) in [7, 11) is 0. The van der Waals surface area contributed by atoms with Crippen LogP contribution < -0.4 is 5.32 Å². The fourth-order valence-electron chi connectivity index (χ4n) is 4.72. The molecule has 4 nitrogen and oxygen atoms in total. The predicted octanol–water partition coefficient (Wildman–Crippen LogP) is 7.73. The normalized spacial score (nSPS) is 20.7. The van der Waals surface area contributed by atoms with Gasteiger partial charge in [-0.15, -0.1) is 0 Å². The Balaban J connectivity index is 1.66. The Morgan fingerprint density at radius 1 is 0.974 bits per heavy atom. The Morgan fingerprint density at radius 3 is 2.26 bits per heavy atom. The van der Waals surface area contributed by atoms with Gasteiger partial charge in [-0.3, -0.25) is 9.59 Å². The molecule has 0 heterocycles. The van der Waals surface area contributed by atoms with Gasteiger partial charge in [0.05, 0.1) is 23.1 Å². The maximum Gasteiger partial charge on any atom is 0.416 e. The molecule has 3 aromatic carbocycles. The van der Waals surface area contributed by atoms with Gasteiger partial charge in [-0.25, -0.2) is 13.2 Å². The standard InChI is InChI=1S/C28H22BrF6NO3/c29-19-9-6-17(7-10-19)20-13-27(31,32)14-21(24(20)26(38)39-15-16-4-2-1-3-5-16)25(37)36-23-11-8-18(12-22(23)30)28(33,34)35/h1-12,20-21,24H,13-15H2,(H,36,37)/t20-,21-,24-/m1/s1. The van der Waals surface area contributed by atoms with Gasteiger partial charge in [0, 0.05) is 23.2 Å². The Hall–Kier alpha value is -3.34. The number of alkyl halides is 5. The third kappa shape index (κ3) is 7.00. The summed E-state index contributed by atoms with van der Waals surface area (Å²) in [4.78, 5) is 26.6. The number of carbonyl (C=O) groups is 2. The summed E-state index contributed by atoms with van der Waals surface area (Å²) >= 11 is 3.27. The average molecular weight is 614 g/mol. The average Bonchev–Trinajstić information content (AvgIpc) is 2.88. The number of amides is 1. The molecular weight excluding hydrogens is 592 g/mol. The summed E-state index contributed by atoms with van der Waals surface area (Å²) in [6.07, 6.45) is -6.59. The first-order chi connectivity index (χ1) is 18.3. The fraction of sp³-hybridized carbons (Fsp3) is 0.286. The van der Waals surface area contributed by atoms with E-state index < -0.39 is 71.6 Å². The molecule has 0 bridgehead atoms. The van der Waals surface area contributed by atoms with Crippen molar-refractivity contribution in [1.29, 1.82) is 0 Å². The van der Waals surface area contributed by atoms with Crippen LogP contribution in [0.25, 0.3) is 0 Å². The maximum atomic E-state index is 15.0. The molecule has 1 aliphatic carbocycles. The number of hydrogen-bond donors (Lipinski definition) is 1. The monoisotopic (exact) mass is 613 g/mol. The summed E-state index contributed by atoms with van der Waals surface area (Å²) in [5.74, 6) is -10.9. The Morgan fingerprint density at radius 2 is 1.64 bits per heavy atom. The van der Waals surface area contributed by atoms with Gasteiger partial charge in [0.15, 0.2) is 0 Å². The van der Waals surface area contributed by atoms with Crippen molar-refractivity contribution in [3.63, 3.8) is 0 Å². The van der Waals surface area contributed by atoms with Crippen LogP contribution >= 0.6 is 15.9 Å². The zero-order chi connectivity index (χ0) is 28.4. The van der Waals surface area contributed by atoms with E-state index in [1.54, 1.807) is 54.6 Å². The smallest absolute Gasteiger partial charge is 0.416 e. The molecule has 0 aromatic heterocycles. The quantitative estimate of drug-likeness (QED) is 0.229. The highest BCUT2D eigenvalue weighted by molar-refractivity contribution is 9.10. The Kier molecular flexibility index (Phi) is 8.39. The van der Waals surface area contributed by atoms with Crippen LogP contribution in [0, 0.1) is 17.7 Å². The second-order valence-corrected chi connectivity index (χ2v) is 10.2. The second kappa shape index (κ2) is 11.4. The van der Waals surface area contributed by atoms with E-state index in [0.717, 1.165) is 0 Å². The molecule has 1 N–H and O–H groups in total. The highest BCUT2D eigenvalue weighted by atomic mass is 79.9. The van der Waals surface area contributed by atoms with Gasteiger partial charge in [0.1, 0.15) is 12.4 Å². The first kappa shape index (κ1) is 28.7. The molecule has 1 amide bonds. The molecule has 39 heavy (non-hydrogen) atoms. The van der Waals surface area contributed by atoms with E-state index in [9.17, 15) is 35.9 Å². The van der Waals surface area contributed by atoms with Crippen LogP contribution in [-0.2, 0) is 27.1 Å². The number of benzene rings is 3. The van der Waals surface area contributed by atoms with Crippen molar-refractivity contribution < 1.29 is 40.7 Å². The van der Waals surface area contributed by atoms with Crippen molar-refractivity contribution >= 4 is 33.5 Å². The van der Waals surface area contributed by atoms with Crippen molar-refractivity contribution in [1.82, 2.24) is 0 Å². The second-order valence-electron chi connectivity index (χ2n) is 9.33. The minimum atomic E-state index is -4.82. The highest BCUT2D eigenvalue weighted by Crippen LogP contribution is 2.49. The van der Waals surface area contributed by atoms with Gasteiger partial charge >= 0.3 is 12.1 Å². The molecule has 206 valence electrons. The van der Waals surface area contributed by atoms with E-state index in [0.29, 0.717) is 27.7 Å². The number of halogens is 7. The molecule has 4 rings (SSSR count). The van der Waals surface area contributed by atoms with Crippen molar-refractivity contribution in [3.05, 3.63) is 99.8 Å². The summed E-state index contributed by atoms with van der Waals surface area (Å²) in [6.45, 7) is -0.165. The van der Waals surface area contributed by atoms with E-state index in [1.165, 1.54) is 0 Å². The molecule has 0 saturated heterocycles. The number of esters is 1. The molecule has 0 radical (unpaired) electrons. The molecule has 1 saturated carbocycles. The first-order valence-corrected chi connectivity index (χ1v) is 12.6. The third-order valence-corrected chi connectivity index (χ3v) is 7.12. The van der Waals surface area contributed by atoms with E-state index >= 15 is 0 Å². The van der Waals surface area contributed by atoms with Crippen LogP contribution in [0.5, 0.6) is 0 Å². The third-order valence-electron chi connectivity index (χ3n) is 6.59. The van der Waals surface area contributed by atoms with Gasteiger partial charge in [-0.05, 0) is 41.5 Å². The lowest BCUT2D eigenvalue weighted by molar-refractivity contribution is -0.163. The predicted molar refractivity (Wildman–Crippen MR) is 134 cm³/mol. The molecule has 1 aliphatic rings. The van der Waals surface area contributed by atoms with Gasteiger partial charge in [0.2, 0.25) is 11.8 Å². The molecular formula is C28H22BrF6NO3. The molecule has 11 heteroatoms. The molecule has 0 spiro atoms. The Bertz CT molecular complexity index is 1330. The number of hydrogen-bond acceptors (Lipinski definition) is 3. The SMILES string of the molecule is O=C(OCc1ccccc1)[C@@H]1[C@@H](c2ccc(Br)cc2)CC(F)(F)C[C@H]1C(=O)Nc1ccc(C(F)(F)F)cc1F. The largest absolute Gasteiger partial charge is 0.461 e. The molecule has 3 aromatic rings. The number of anilines is 1. The first-order valence-electron chi connectivity index (χ1n) is 11.9. The molecule has 1 fully saturated rings. The topological polar surface area (TPSA) is 55.4 Å². The van der Waals surface area contributed by atoms with Crippen LogP contribution in [-0.4, -0.2) is 17.8 Å². The minimum Gasteiger partial charge on any atom is -0.461 e. The summed E-state index contributed by atoms with van der Waals surface area (Å²) in [5, 5.41) is 2.11. The van der Waals surface area contributed by atoms with Crippen LogP contribution in [0.3, 0.4) is 0 Å². The summed E-state index contributed by atoms with van der Waals surface area (Å²) in [6, 6.07) is 16.4. The molecule has 0 aliphatic heterocycles. The van der Waals surface area contributed by atoms with Crippen LogP contribution in [0.15, 0.2) is 77.3 Å². The Labute approximate surface area is 228 Å². The van der Waals surface area contributed by atoms with Crippen LogP contribution in [0.2, 0.25) is 0 Å². The van der Waals surface area contributed by atoms with Gasteiger partial charge < -0.3 is 10.1 Å². The van der Waals surface area contributed by atoms with Crippen LogP contribution in [0.1, 0.15) is 35.4 Å². The summed E-state index contributed by atoms with van der Waals surface area (Å²) < 4.78 is 89.3. The van der Waals surface area contributed by atoms with Crippen LogP contribution in [0.4, 0.5) is 32.0 Å². The van der Waals surface area contributed by atoms with Crippen molar-refractivity contribution in [2.45, 2.75) is 37.5 Å². The number of carbonyl (C=O) groups excluding carboxylic acids is 2. The van der Waals surface area contributed by atoms with Gasteiger partial charge in [-0.1, -0.05) is 58.4 Å². The van der Waals surface area contributed by atoms with Crippen molar-refractivity contribution in [2.75, 3.05) is 5.32 Å².